The van der Waals surface area contributed by atoms with Crippen LogP contribution < -0.4 is 0 Å². The molecule has 5 heteroatoms. The summed E-state index contributed by atoms with van der Waals surface area (Å²) >= 11 is 1.68. The minimum atomic E-state index is -3.64. The van der Waals surface area contributed by atoms with E-state index in [1.807, 2.05) is 44.4 Å². The van der Waals surface area contributed by atoms with E-state index in [9.17, 15) is 8.42 Å². The summed E-state index contributed by atoms with van der Waals surface area (Å²) in [4.78, 5) is 1.31. The van der Waals surface area contributed by atoms with Gasteiger partial charge in [-0.25, -0.2) is 8.42 Å². The number of benzene rings is 2. The van der Waals surface area contributed by atoms with Crippen LogP contribution in [0.25, 0.3) is 11.1 Å². The summed E-state index contributed by atoms with van der Waals surface area (Å²) in [7, 11) is 1.62. The molecule has 0 amide bonds. The Bertz CT molecular complexity index is 633. The summed E-state index contributed by atoms with van der Waals surface area (Å²) in [6, 6.07) is 14.6. The first-order valence-corrected chi connectivity index (χ1v) is 9.73. The molecule has 0 atom stereocenters. The van der Waals surface area contributed by atoms with E-state index in [2.05, 4.69) is 0 Å². The van der Waals surface area contributed by atoms with Gasteiger partial charge >= 0.3 is 0 Å². The highest BCUT2D eigenvalue weighted by Crippen LogP contribution is 2.25. The lowest BCUT2D eigenvalue weighted by molar-refractivity contribution is 0.609. The fraction of sp³-hybridized carbons (Fsp3) is 0.200. The van der Waals surface area contributed by atoms with Gasteiger partial charge in [0.2, 0.25) is 0 Å². The molecule has 0 aromatic heterocycles. The molecular formula is C15H17ClO2S2. The molecule has 108 valence electrons. The maximum atomic E-state index is 11.1. The van der Waals surface area contributed by atoms with Gasteiger partial charge in [0.15, 0.2) is 0 Å². The molecule has 0 saturated heterocycles. The lowest BCUT2D eigenvalue weighted by Crippen LogP contribution is -1.89. The molecule has 0 aliphatic rings. The summed E-state index contributed by atoms with van der Waals surface area (Å²) in [5.74, 6) is 0. The molecule has 0 N–H and O–H groups in total. The number of thioether (sulfide) groups is 1. The van der Waals surface area contributed by atoms with Crippen molar-refractivity contribution in [2.45, 2.75) is 23.6 Å². The lowest BCUT2D eigenvalue weighted by atomic mass is 10.1. The zero-order chi connectivity index (χ0) is 15.2. The van der Waals surface area contributed by atoms with Gasteiger partial charge in [-0.05, 0) is 41.6 Å². The van der Waals surface area contributed by atoms with E-state index in [0.29, 0.717) is 0 Å². The van der Waals surface area contributed by atoms with Crippen LogP contribution in [0.1, 0.15) is 13.8 Å². The summed E-state index contributed by atoms with van der Waals surface area (Å²) in [5, 5.41) is 0. The van der Waals surface area contributed by atoms with Gasteiger partial charge in [-0.15, -0.1) is 11.8 Å². The van der Waals surface area contributed by atoms with Crippen LogP contribution in [0.5, 0.6) is 0 Å². The van der Waals surface area contributed by atoms with Crippen molar-refractivity contribution < 1.29 is 8.42 Å². The Balaban J connectivity index is 0.000000956. The molecule has 0 aliphatic heterocycles. The van der Waals surface area contributed by atoms with Gasteiger partial charge < -0.3 is 0 Å². The minimum absolute atomic E-state index is 0.119. The second-order valence-corrected chi connectivity index (χ2v) is 7.14. The van der Waals surface area contributed by atoms with Gasteiger partial charge in [0, 0.05) is 15.6 Å². The standard InChI is InChI=1S/C13H11ClO2S2.C2H6/c1-17-12-6-2-10(3-7-12)11-4-8-13(9-5-11)18(14,15)16;1-2/h2-9H,1H3;1-2H3. The molecule has 20 heavy (non-hydrogen) atoms. The normalized spacial score (nSPS) is 10.6. The highest BCUT2D eigenvalue weighted by molar-refractivity contribution is 8.13. The average Bonchev–Trinajstić information content (AvgIpc) is 2.49. The molecule has 0 saturated carbocycles. The van der Waals surface area contributed by atoms with Crippen molar-refractivity contribution in [1.82, 2.24) is 0 Å². The van der Waals surface area contributed by atoms with E-state index in [-0.39, 0.29) is 4.90 Å². The first-order chi connectivity index (χ1) is 9.50. The highest BCUT2D eigenvalue weighted by atomic mass is 35.7. The molecule has 0 spiro atoms. The van der Waals surface area contributed by atoms with Gasteiger partial charge in [0.25, 0.3) is 9.05 Å². The molecule has 0 radical (unpaired) electrons. The van der Waals surface area contributed by atoms with E-state index >= 15 is 0 Å². The predicted octanol–water partition coefficient (Wildman–Crippen LogP) is 5.03. The van der Waals surface area contributed by atoms with Crippen molar-refractivity contribution >= 4 is 31.5 Å². The third-order valence-electron chi connectivity index (χ3n) is 2.56. The largest absolute Gasteiger partial charge is 0.261 e. The Morgan fingerprint density at radius 1 is 0.850 bits per heavy atom. The van der Waals surface area contributed by atoms with Crippen LogP contribution >= 0.6 is 22.4 Å². The van der Waals surface area contributed by atoms with Crippen LogP contribution in [0.15, 0.2) is 58.3 Å². The molecule has 0 heterocycles. The van der Waals surface area contributed by atoms with Crippen molar-refractivity contribution in [1.29, 1.82) is 0 Å². The third kappa shape index (κ3) is 4.54. The minimum Gasteiger partial charge on any atom is -0.207 e. The van der Waals surface area contributed by atoms with Crippen LogP contribution in [-0.4, -0.2) is 14.7 Å². The highest BCUT2D eigenvalue weighted by Gasteiger charge is 2.09. The van der Waals surface area contributed by atoms with E-state index in [4.69, 9.17) is 10.7 Å². The van der Waals surface area contributed by atoms with Gasteiger partial charge in [-0.2, -0.15) is 0 Å². The summed E-state index contributed by atoms with van der Waals surface area (Å²) in [5.41, 5.74) is 2.01. The summed E-state index contributed by atoms with van der Waals surface area (Å²) in [6.07, 6.45) is 2.02. The van der Waals surface area contributed by atoms with E-state index in [1.165, 1.54) is 17.0 Å². The topological polar surface area (TPSA) is 34.1 Å². The maximum absolute atomic E-state index is 11.1. The van der Waals surface area contributed by atoms with Crippen LogP contribution in [0.4, 0.5) is 0 Å². The fourth-order valence-electron chi connectivity index (χ4n) is 1.59. The summed E-state index contributed by atoms with van der Waals surface area (Å²) in [6.45, 7) is 4.00. The van der Waals surface area contributed by atoms with E-state index in [0.717, 1.165) is 11.1 Å². The number of hydrogen-bond donors (Lipinski definition) is 0. The molecule has 2 aromatic carbocycles. The Morgan fingerprint density at radius 2 is 1.25 bits per heavy atom. The quantitative estimate of drug-likeness (QED) is 0.585. The van der Waals surface area contributed by atoms with Crippen molar-refractivity contribution in [2.75, 3.05) is 6.26 Å². The Labute approximate surface area is 129 Å². The molecule has 2 aromatic rings. The van der Waals surface area contributed by atoms with Gasteiger partial charge in [-0.3, -0.25) is 0 Å². The second-order valence-electron chi connectivity index (χ2n) is 3.69. The Morgan fingerprint density at radius 3 is 1.60 bits per heavy atom. The monoisotopic (exact) mass is 328 g/mol. The molecule has 0 bridgehead atoms. The molecule has 0 fully saturated rings. The predicted molar refractivity (Wildman–Crippen MR) is 88.0 cm³/mol. The van der Waals surface area contributed by atoms with Gasteiger partial charge in [0.05, 0.1) is 4.90 Å². The maximum Gasteiger partial charge on any atom is 0.261 e. The third-order valence-corrected chi connectivity index (χ3v) is 4.67. The molecular weight excluding hydrogens is 312 g/mol. The van der Waals surface area contributed by atoms with Crippen LogP contribution in [0.3, 0.4) is 0 Å². The Hall–Kier alpha value is -0.970. The first kappa shape index (κ1) is 17.1. The zero-order valence-corrected chi connectivity index (χ0v) is 14.0. The van der Waals surface area contributed by atoms with E-state index in [1.54, 1.807) is 23.9 Å². The SMILES string of the molecule is CC.CSc1ccc(-c2ccc(S(=O)(=O)Cl)cc2)cc1. The second kappa shape index (κ2) is 7.72. The van der Waals surface area contributed by atoms with Crippen LogP contribution in [0.2, 0.25) is 0 Å². The Kier molecular flexibility index (Phi) is 6.59. The summed E-state index contributed by atoms with van der Waals surface area (Å²) < 4.78 is 22.3. The molecule has 2 rings (SSSR count). The van der Waals surface area contributed by atoms with Gasteiger partial charge in [0.1, 0.15) is 0 Å². The van der Waals surface area contributed by atoms with Gasteiger partial charge in [-0.1, -0.05) is 38.1 Å². The van der Waals surface area contributed by atoms with Crippen molar-refractivity contribution in [2.24, 2.45) is 0 Å². The molecule has 2 nitrogen and oxygen atoms in total. The number of rotatable bonds is 3. The van der Waals surface area contributed by atoms with Crippen molar-refractivity contribution in [3.8, 4) is 11.1 Å². The van der Waals surface area contributed by atoms with Crippen LogP contribution in [-0.2, 0) is 9.05 Å². The van der Waals surface area contributed by atoms with E-state index < -0.39 is 9.05 Å². The first-order valence-electron chi connectivity index (χ1n) is 6.20. The zero-order valence-electron chi connectivity index (χ0n) is 11.6. The smallest absolute Gasteiger partial charge is 0.207 e. The van der Waals surface area contributed by atoms with Crippen molar-refractivity contribution in [3.05, 3.63) is 48.5 Å². The molecule has 0 aliphatic carbocycles. The number of halogens is 1. The number of hydrogen-bond acceptors (Lipinski definition) is 3. The average molecular weight is 329 g/mol. The molecule has 0 unspecified atom stereocenters. The fourth-order valence-corrected chi connectivity index (χ4v) is 2.77. The lowest BCUT2D eigenvalue weighted by Gasteiger charge is -2.03. The van der Waals surface area contributed by atoms with Crippen LogP contribution in [0, 0.1) is 0 Å². The van der Waals surface area contributed by atoms with Crippen molar-refractivity contribution in [3.63, 3.8) is 0 Å².